The van der Waals surface area contributed by atoms with Gasteiger partial charge in [-0.15, -0.1) is 0 Å². The molecule has 2 aromatic heterocycles. The van der Waals surface area contributed by atoms with Crippen LogP contribution < -0.4 is 15.8 Å². The lowest BCUT2D eigenvalue weighted by atomic mass is 10.1. The van der Waals surface area contributed by atoms with Crippen LogP contribution in [-0.4, -0.2) is 63.5 Å². The van der Waals surface area contributed by atoms with Gasteiger partial charge in [0.25, 0.3) is 5.91 Å². The molecule has 212 valence electrons. The second kappa shape index (κ2) is 10.1. The Morgan fingerprint density at radius 2 is 1.93 bits per heavy atom. The number of ether oxygens (including phenoxy) is 1. The molecule has 3 aromatic rings. The van der Waals surface area contributed by atoms with Crippen LogP contribution in [0, 0.1) is 5.92 Å². The quantitative estimate of drug-likeness (QED) is 0.394. The first-order valence-electron chi connectivity index (χ1n) is 12.5. The van der Waals surface area contributed by atoms with Crippen LogP contribution in [-0.2, 0) is 15.8 Å². The third kappa shape index (κ3) is 5.06. The van der Waals surface area contributed by atoms with Gasteiger partial charge in [-0.05, 0) is 44.0 Å². The second-order valence-electron chi connectivity index (χ2n) is 9.95. The summed E-state index contributed by atoms with van der Waals surface area (Å²) in [5.74, 6) is -2.31. The maximum absolute atomic E-state index is 13.6. The van der Waals surface area contributed by atoms with E-state index in [1.54, 1.807) is 6.92 Å². The second-order valence-corrected chi connectivity index (χ2v) is 9.95. The Bertz CT molecular complexity index is 1500. The van der Waals surface area contributed by atoms with Crippen LogP contribution in [0.1, 0.15) is 54.2 Å². The number of aromatic nitrogens is 2. The topological polar surface area (TPSA) is 161 Å². The van der Waals surface area contributed by atoms with Crippen LogP contribution in [0.5, 0.6) is 5.75 Å². The Kier molecular flexibility index (Phi) is 6.90. The molecule has 5 rings (SSSR count). The predicted molar refractivity (Wildman–Crippen MR) is 133 cm³/mol. The van der Waals surface area contributed by atoms with Gasteiger partial charge in [-0.2, -0.15) is 13.2 Å². The molecule has 3 heterocycles. The summed E-state index contributed by atoms with van der Waals surface area (Å²) in [6.45, 7) is 1.49. The van der Waals surface area contributed by atoms with E-state index in [9.17, 15) is 32.7 Å². The average molecular weight is 562 g/mol. The Morgan fingerprint density at radius 1 is 1.20 bits per heavy atom. The minimum Gasteiger partial charge on any atom is -0.494 e. The first-order valence-corrected chi connectivity index (χ1v) is 12.5. The molecule has 2 fully saturated rings. The number of carbonyl (C=O) groups excluding carboxylic acids is 2. The lowest BCUT2D eigenvalue weighted by Gasteiger charge is -2.21. The number of hydrogen-bond donors (Lipinski definition) is 3. The summed E-state index contributed by atoms with van der Waals surface area (Å²) in [6, 6.07) is 2.30. The zero-order valence-corrected chi connectivity index (χ0v) is 21.5. The zero-order valence-electron chi connectivity index (χ0n) is 21.5. The molecule has 14 heteroatoms. The molecule has 2 aliphatic rings. The van der Waals surface area contributed by atoms with E-state index in [4.69, 9.17) is 14.9 Å². The van der Waals surface area contributed by atoms with Gasteiger partial charge in [-0.1, -0.05) is 0 Å². The summed E-state index contributed by atoms with van der Waals surface area (Å²) >= 11 is 0. The number of oxazole rings is 1. The maximum Gasteiger partial charge on any atom is 0.433 e. The van der Waals surface area contributed by atoms with Crippen molar-refractivity contribution in [2.75, 3.05) is 13.7 Å². The number of carboxylic acids is 1. The van der Waals surface area contributed by atoms with E-state index in [0.29, 0.717) is 0 Å². The number of rotatable bonds is 7. The van der Waals surface area contributed by atoms with Crippen LogP contribution in [0.4, 0.5) is 13.2 Å². The number of alkyl halides is 3. The van der Waals surface area contributed by atoms with Gasteiger partial charge >= 0.3 is 12.1 Å². The number of likely N-dealkylation sites (tertiary alicyclic amines) is 1. The van der Waals surface area contributed by atoms with Gasteiger partial charge in [0, 0.05) is 35.9 Å². The summed E-state index contributed by atoms with van der Waals surface area (Å²) in [5.41, 5.74) is 4.85. The Morgan fingerprint density at radius 3 is 2.52 bits per heavy atom. The van der Waals surface area contributed by atoms with Crippen molar-refractivity contribution in [3.8, 4) is 17.2 Å². The fraction of sp³-hybridized carbons (Fsp3) is 0.423. The molecule has 1 unspecified atom stereocenters. The van der Waals surface area contributed by atoms with Crippen molar-refractivity contribution in [2.45, 2.75) is 50.5 Å². The summed E-state index contributed by atoms with van der Waals surface area (Å²) in [4.78, 5) is 47.0. The number of nitrogens with two attached hydrogens (primary N) is 1. The molecular weight excluding hydrogens is 535 g/mol. The van der Waals surface area contributed by atoms with Crippen molar-refractivity contribution in [3.05, 3.63) is 41.4 Å². The largest absolute Gasteiger partial charge is 0.494 e. The first-order chi connectivity index (χ1) is 18.9. The van der Waals surface area contributed by atoms with Gasteiger partial charge in [-0.3, -0.25) is 9.59 Å². The molecule has 0 spiro atoms. The summed E-state index contributed by atoms with van der Waals surface area (Å²) < 4.78 is 51.0. The number of amides is 2. The lowest BCUT2D eigenvalue weighted by molar-refractivity contribution is -0.142. The smallest absolute Gasteiger partial charge is 0.433 e. The van der Waals surface area contributed by atoms with Crippen molar-refractivity contribution >= 4 is 28.7 Å². The molecule has 1 saturated carbocycles. The molecule has 3 atom stereocenters. The molecule has 1 saturated heterocycles. The highest BCUT2D eigenvalue weighted by molar-refractivity contribution is 5.99. The Labute approximate surface area is 225 Å². The molecule has 0 bridgehead atoms. The molecule has 0 radical (unpaired) electrons. The number of halogens is 3. The highest BCUT2D eigenvalue weighted by atomic mass is 19.4. The van der Waals surface area contributed by atoms with Gasteiger partial charge in [0.2, 0.25) is 11.8 Å². The van der Waals surface area contributed by atoms with E-state index in [-0.39, 0.29) is 64.4 Å². The highest BCUT2D eigenvalue weighted by Crippen LogP contribution is 2.38. The van der Waals surface area contributed by atoms with E-state index < -0.39 is 41.9 Å². The molecule has 40 heavy (non-hydrogen) atoms. The molecular formula is C26H26F3N5O6. The number of aliphatic carboxylic acids is 1. The number of nitrogens with one attached hydrogen (secondary N) is 1. The molecule has 2 amide bonds. The van der Waals surface area contributed by atoms with E-state index in [1.807, 2.05) is 0 Å². The van der Waals surface area contributed by atoms with E-state index in [0.717, 1.165) is 23.8 Å². The normalized spacial score (nSPS) is 20.0. The number of methoxy groups -OCH3 is 1. The van der Waals surface area contributed by atoms with Crippen LogP contribution >= 0.6 is 0 Å². The van der Waals surface area contributed by atoms with Crippen LogP contribution in [0.3, 0.4) is 0 Å². The fourth-order valence-corrected chi connectivity index (χ4v) is 4.81. The van der Waals surface area contributed by atoms with Crippen molar-refractivity contribution in [2.24, 2.45) is 11.7 Å². The molecule has 1 aliphatic carbocycles. The fourth-order valence-electron chi connectivity index (χ4n) is 4.81. The SMILES string of the molecule is COc1ccc(-c2nc(C(=O)N3C[C@H](NC(=O)C4CC4)CC3C(=O)O)c([C@H](C)N)o2)c2ccc(C(F)(F)F)nc12. The lowest BCUT2D eigenvalue weighted by Crippen LogP contribution is -2.42. The van der Waals surface area contributed by atoms with Crippen molar-refractivity contribution in [1.29, 1.82) is 0 Å². The number of carbonyl (C=O) groups is 3. The monoisotopic (exact) mass is 561 g/mol. The average Bonchev–Trinajstić information content (AvgIpc) is 3.52. The minimum absolute atomic E-state index is 0.0219. The molecule has 1 aliphatic heterocycles. The van der Waals surface area contributed by atoms with Gasteiger partial charge in [0.05, 0.1) is 13.2 Å². The van der Waals surface area contributed by atoms with Crippen molar-refractivity contribution < 1.29 is 41.8 Å². The van der Waals surface area contributed by atoms with Gasteiger partial charge in [0.1, 0.15) is 23.0 Å². The summed E-state index contributed by atoms with van der Waals surface area (Å²) in [7, 11) is 1.29. The van der Waals surface area contributed by atoms with E-state index in [1.165, 1.54) is 25.3 Å². The van der Waals surface area contributed by atoms with E-state index in [2.05, 4.69) is 15.3 Å². The van der Waals surface area contributed by atoms with Crippen LogP contribution in [0.25, 0.3) is 22.4 Å². The number of pyridine rings is 1. The number of hydrogen-bond acceptors (Lipinski definition) is 8. The number of fused-ring (bicyclic) bond motifs is 1. The van der Waals surface area contributed by atoms with E-state index >= 15 is 0 Å². The van der Waals surface area contributed by atoms with Crippen molar-refractivity contribution in [1.82, 2.24) is 20.2 Å². The van der Waals surface area contributed by atoms with Gasteiger partial charge in [0.15, 0.2) is 11.5 Å². The predicted octanol–water partition coefficient (Wildman–Crippen LogP) is 3.13. The van der Waals surface area contributed by atoms with Crippen LogP contribution in [0.2, 0.25) is 0 Å². The van der Waals surface area contributed by atoms with Crippen molar-refractivity contribution in [3.63, 3.8) is 0 Å². The summed E-state index contributed by atoms with van der Waals surface area (Å²) in [5, 5.41) is 12.8. The highest BCUT2D eigenvalue weighted by Gasteiger charge is 2.43. The molecule has 11 nitrogen and oxygen atoms in total. The molecule has 1 aromatic carbocycles. The first kappa shape index (κ1) is 27.4. The Hall–Kier alpha value is -4.20. The molecule has 4 N–H and O–H groups in total. The van der Waals surface area contributed by atoms with Crippen LogP contribution in [0.15, 0.2) is 28.7 Å². The standard InChI is InChI=1S/C26H26F3N5O6/c1-11(30)21-20(24(36)34-10-13(9-16(34)25(37)38)31-22(35)12-3-4-12)33-23(40-21)15-5-7-17(39-2)19-14(15)6-8-18(32-19)26(27,28)29/h5-8,11-13,16H,3-4,9-10,30H2,1-2H3,(H,31,35)(H,37,38)/t11-,13+,16?/m0/s1. The third-order valence-electron chi connectivity index (χ3n) is 6.97. The minimum atomic E-state index is -4.69. The Balaban J connectivity index is 1.53. The third-order valence-corrected chi connectivity index (χ3v) is 6.97. The zero-order chi connectivity index (χ0) is 28.9. The van der Waals surface area contributed by atoms with Gasteiger partial charge in [-0.25, -0.2) is 14.8 Å². The van der Waals surface area contributed by atoms with Gasteiger partial charge < -0.3 is 30.2 Å². The summed E-state index contributed by atoms with van der Waals surface area (Å²) in [6.07, 6.45) is -3.12. The maximum atomic E-state index is 13.6. The number of nitrogens with zero attached hydrogens (tertiary/aromatic N) is 3. The number of carboxylic acid groups (broad SMARTS) is 1. The number of benzene rings is 1.